The van der Waals surface area contributed by atoms with Crippen LogP contribution in [0.4, 0.5) is 0 Å². The maximum absolute atomic E-state index is 5.44. The van der Waals surface area contributed by atoms with Crippen molar-refractivity contribution in [2.45, 2.75) is 25.8 Å². The summed E-state index contributed by atoms with van der Waals surface area (Å²) in [6, 6.07) is 0.734. The van der Waals surface area contributed by atoms with Gasteiger partial charge in [0, 0.05) is 6.04 Å². The maximum Gasteiger partial charge on any atom is 0.0625 e. The van der Waals surface area contributed by atoms with E-state index in [-0.39, 0.29) is 0 Å². The van der Waals surface area contributed by atoms with Gasteiger partial charge in [0.05, 0.1) is 13.2 Å². The molecule has 0 aromatic carbocycles. The van der Waals surface area contributed by atoms with E-state index >= 15 is 0 Å². The lowest BCUT2D eigenvalue weighted by Gasteiger charge is -2.24. The third-order valence-corrected chi connectivity index (χ3v) is 2.94. The van der Waals surface area contributed by atoms with Crippen LogP contribution in [-0.2, 0) is 4.74 Å². The van der Waals surface area contributed by atoms with Crippen LogP contribution in [0.15, 0.2) is 0 Å². The number of hydrogen-bond donors (Lipinski definition) is 0. The molecule has 1 unspecified atom stereocenters. The van der Waals surface area contributed by atoms with Gasteiger partial charge in [0.1, 0.15) is 0 Å². The van der Waals surface area contributed by atoms with Crippen molar-refractivity contribution < 1.29 is 4.74 Å². The minimum atomic E-state index is 0.734. The molecule has 0 amide bonds. The second kappa shape index (κ2) is 3.11. The summed E-state index contributed by atoms with van der Waals surface area (Å²) in [5, 5.41) is 0. The van der Waals surface area contributed by atoms with Gasteiger partial charge < -0.3 is 4.74 Å². The Balaban J connectivity index is 1.92. The van der Waals surface area contributed by atoms with Crippen LogP contribution >= 0.6 is 0 Å². The first-order valence-corrected chi connectivity index (χ1v) is 4.70. The molecule has 0 N–H and O–H groups in total. The second-order valence-corrected chi connectivity index (χ2v) is 3.83. The quantitative estimate of drug-likeness (QED) is 0.562. The molecule has 2 aliphatic rings. The summed E-state index contributed by atoms with van der Waals surface area (Å²) < 4.78 is 5.44. The van der Waals surface area contributed by atoms with Crippen LogP contribution in [0.25, 0.3) is 0 Å². The van der Waals surface area contributed by atoms with E-state index in [1.165, 1.54) is 25.9 Å². The normalized spacial score (nSPS) is 40.1. The van der Waals surface area contributed by atoms with Gasteiger partial charge in [-0.1, -0.05) is 6.92 Å². The highest BCUT2D eigenvalue weighted by Gasteiger charge is 2.30. The summed E-state index contributed by atoms with van der Waals surface area (Å²) in [6.07, 6.45) is 2.78. The fourth-order valence-electron chi connectivity index (χ4n) is 2.19. The number of nitrogens with zero attached hydrogens (tertiary/aromatic N) is 1. The molecule has 2 heterocycles. The van der Waals surface area contributed by atoms with E-state index in [1.54, 1.807) is 0 Å². The zero-order chi connectivity index (χ0) is 7.68. The van der Waals surface area contributed by atoms with Crippen molar-refractivity contribution in [2.75, 3.05) is 26.3 Å². The van der Waals surface area contributed by atoms with Gasteiger partial charge in [-0.15, -0.1) is 0 Å². The van der Waals surface area contributed by atoms with Crippen molar-refractivity contribution in [3.8, 4) is 0 Å². The first-order valence-electron chi connectivity index (χ1n) is 4.70. The van der Waals surface area contributed by atoms with Crippen molar-refractivity contribution >= 4 is 0 Å². The van der Waals surface area contributed by atoms with Gasteiger partial charge in [-0.3, -0.25) is 4.90 Å². The standard InChI is InChI=1S/C9H17NO/c1-8-6-11-7-9(8)10-4-2-3-5-10/h8-9H,2-7H2,1H3/t8-,9?/m1/s1. The van der Waals surface area contributed by atoms with E-state index in [4.69, 9.17) is 4.74 Å². The van der Waals surface area contributed by atoms with Crippen molar-refractivity contribution in [1.82, 2.24) is 4.90 Å². The summed E-state index contributed by atoms with van der Waals surface area (Å²) in [7, 11) is 0. The molecule has 11 heavy (non-hydrogen) atoms. The molecule has 0 bridgehead atoms. The molecule has 0 aromatic rings. The average Bonchev–Trinajstić information content (AvgIpc) is 2.55. The third-order valence-electron chi connectivity index (χ3n) is 2.94. The highest BCUT2D eigenvalue weighted by Crippen LogP contribution is 2.22. The molecular weight excluding hydrogens is 138 g/mol. The van der Waals surface area contributed by atoms with E-state index in [0.717, 1.165) is 25.2 Å². The second-order valence-electron chi connectivity index (χ2n) is 3.83. The van der Waals surface area contributed by atoms with E-state index < -0.39 is 0 Å². The van der Waals surface area contributed by atoms with Crippen molar-refractivity contribution in [3.63, 3.8) is 0 Å². The summed E-state index contributed by atoms with van der Waals surface area (Å²) in [5.74, 6) is 0.757. The molecule has 2 fully saturated rings. The molecule has 0 spiro atoms. The Bertz CT molecular complexity index is 132. The van der Waals surface area contributed by atoms with E-state index in [9.17, 15) is 0 Å². The Morgan fingerprint density at radius 1 is 1.18 bits per heavy atom. The van der Waals surface area contributed by atoms with E-state index in [2.05, 4.69) is 11.8 Å². The minimum absolute atomic E-state index is 0.734. The predicted octanol–water partition coefficient (Wildman–Crippen LogP) is 1.12. The predicted molar refractivity (Wildman–Crippen MR) is 44.6 cm³/mol. The minimum Gasteiger partial charge on any atom is -0.379 e. The van der Waals surface area contributed by atoms with Crippen LogP contribution in [0.2, 0.25) is 0 Å². The fourth-order valence-corrected chi connectivity index (χ4v) is 2.19. The monoisotopic (exact) mass is 155 g/mol. The van der Waals surface area contributed by atoms with Gasteiger partial charge in [-0.2, -0.15) is 0 Å². The fraction of sp³-hybridized carbons (Fsp3) is 1.00. The van der Waals surface area contributed by atoms with Crippen LogP contribution in [0, 0.1) is 5.92 Å². The lowest BCUT2D eigenvalue weighted by molar-refractivity contribution is 0.158. The maximum atomic E-state index is 5.44. The SMILES string of the molecule is C[C@@H]1COCC1N1CCCC1. The molecule has 0 saturated carbocycles. The topological polar surface area (TPSA) is 12.5 Å². The smallest absolute Gasteiger partial charge is 0.0625 e. The molecule has 2 atom stereocenters. The lowest BCUT2D eigenvalue weighted by atomic mass is 10.1. The molecule has 0 aliphatic carbocycles. The molecule has 0 aromatic heterocycles. The van der Waals surface area contributed by atoms with E-state index in [0.29, 0.717) is 0 Å². The number of rotatable bonds is 1. The summed E-state index contributed by atoms with van der Waals surface area (Å²) >= 11 is 0. The zero-order valence-electron chi connectivity index (χ0n) is 7.25. The van der Waals surface area contributed by atoms with Crippen molar-refractivity contribution in [2.24, 2.45) is 5.92 Å². The molecule has 2 heteroatoms. The Kier molecular flexibility index (Phi) is 2.14. The Hall–Kier alpha value is -0.0800. The first kappa shape index (κ1) is 7.56. The lowest BCUT2D eigenvalue weighted by Crippen LogP contribution is -2.37. The summed E-state index contributed by atoms with van der Waals surface area (Å²) in [5.41, 5.74) is 0. The highest BCUT2D eigenvalue weighted by molar-refractivity contribution is 4.83. The molecular formula is C9H17NO. The van der Waals surface area contributed by atoms with Gasteiger partial charge in [0.15, 0.2) is 0 Å². The molecule has 2 rings (SSSR count). The molecule has 64 valence electrons. The number of likely N-dealkylation sites (tertiary alicyclic amines) is 1. The third kappa shape index (κ3) is 1.42. The number of ether oxygens (including phenoxy) is 1. The van der Waals surface area contributed by atoms with Gasteiger partial charge >= 0.3 is 0 Å². The van der Waals surface area contributed by atoms with Crippen LogP contribution < -0.4 is 0 Å². The number of hydrogen-bond acceptors (Lipinski definition) is 2. The van der Waals surface area contributed by atoms with Gasteiger partial charge in [-0.05, 0) is 31.8 Å². The van der Waals surface area contributed by atoms with Crippen LogP contribution in [0.3, 0.4) is 0 Å². The zero-order valence-corrected chi connectivity index (χ0v) is 7.25. The highest BCUT2D eigenvalue weighted by atomic mass is 16.5. The van der Waals surface area contributed by atoms with Gasteiger partial charge in [0.2, 0.25) is 0 Å². The van der Waals surface area contributed by atoms with Crippen LogP contribution in [0.5, 0.6) is 0 Å². The Morgan fingerprint density at radius 3 is 2.45 bits per heavy atom. The first-order chi connectivity index (χ1) is 5.38. The average molecular weight is 155 g/mol. The summed E-state index contributed by atoms with van der Waals surface area (Å²) in [4.78, 5) is 2.59. The van der Waals surface area contributed by atoms with Crippen LogP contribution in [-0.4, -0.2) is 37.2 Å². The van der Waals surface area contributed by atoms with Crippen LogP contribution in [0.1, 0.15) is 19.8 Å². The van der Waals surface area contributed by atoms with E-state index in [1.807, 2.05) is 0 Å². The van der Waals surface area contributed by atoms with Gasteiger partial charge in [-0.25, -0.2) is 0 Å². The van der Waals surface area contributed by atoms with Crippen molar-refractivity contribution in [3.05, 3.63) is 0 Å². The largest absolute Gasteiger partial charge is 0.379 e. The molecule has 2 nitrogen and oxygen atoms in total. The molecule has 0 radical (unpaired) electrons. The molecule has 2 saturated heterocycles. The van der Waals surface area contributed by atoms with Crippen molar-refractivity contribution in [1.29, 1.82) is 0 Å². The Morgan fingerprint density at radius 2 is 1.91 bits per heavy atom. The Labute approximate surface area is 68.5 Å². The van der Waals surface area contributed by atoms with Gasteiger partial charge in [0.25, 0.3) is 0 Å². The summed E-state index contributed by atoms with van der Waals surface area (Å²) in [6.45, 7) is 6.86. The molecule has 2 aliphatic heterocycles.